The molecule has 3 nitrogen and oxygen atoms in total. The SMILES string of the molecule is CC(=O)c1ccc(-c2c(-c3ccccc3Cl)oc3c(-c4ccccc4Cl)cc(CO)cc23)cc1. The maximum absolute atomic E-state index is 11.8. The molecule has 0 saturated heterocycles. The van der Waals surface area contributed by atoms with Crippen LogP contribution < -0.4 is 0 Å². The second kappa shape index (κ2) is 9.11. The van der Waals surface area contributed by atoms with Gasteiger partial charge in [-0.25, -0.2) is 0 Å². The van der Waals surface area contributed by atoms with E-state index in [0.717, 1.165) is 38.8 Å². The van der Waals surface area contributed by atoms with Gasteiger partial charge in [-0.1, -0.05) is 77.8 Å². The largest absolute Gasteiger partial charge is 0.455 e. The molecule has 0 aliphatic carbocycles. The van der Waals surface area contributed by atoms with Gasteiger partial charge in [0.25, 0.3) is 0 Å². The Kier molecular flexibility index (Phi) is 6.01. The van der Waals surface area contributed by atoms with Crippen molar-refractivity contribution in [3.05, 3.63) is 106 Å². The third kappa shape index (κ3) is 3.92. The number of carbonyl (C=O) groups is 1. The zero-order valence-corrected chi connectivity index (χ0v) is 19.8. The number of carbonyl (C=O) groups excluding carboxylic acids is 1. The van der Waals surface area contributed by atoms with Crippen LogP contribution in [0.1, 0.15) is 22.8 Å². The number of rotatable bonds is 5. The minimum Gasteiger partial charge on any atom is -0.455 e. The zero-order chi connectivity index (χ0) is 23.8. The van der Waals surface area contributed by atoms with Gasteiger partial charge in [0.2, 0.25) is 0 Å². The van der Waals surface area contributed by atoms with Crippen LogP contribution in [-0.4, -0.2) is 10.9 Å². The van der Waals surface area contributed by atoms with Crippen LogP contribution in [0.15, 0.2) is 89.3 Å². The number of hydrogen-bond acceptors (Lipinski definition) is 3. The van der Waals surface area contributed by atoms with Gasteiger partial charge in [-0.3, -0.25) is 4.79 Å². The first-order valence-corrected chi connectivity index (χ1v) is 11.5. The molecule has 0 fully saturated rings. The minimum atomic E-state index is -0.136. The van der Waals surface area contributed by atoms with Gasteiger partial charge < -0.3 is 9.52 Å². The lowest BCUT2D eigenvalue weighted by Crippen LogP contribution is -1.91. The highest BCUT2D eigenvalue weighted by Crippen LogP contribution is 2.47. The van der Waals surface area contributed by atoms with Gasteiger partial charge in [-0.05, 0) is 48.4 Å². The number of aliphatic hydroxyl groups excluding tert-OH is 1. The van der Waals surface area contributed by atoms with Gasteiger partial charge in [0, 0.05) is 38.2 Å². The predicted molar refractivity (Wildman–Crippen MR) is 138 cm³/mol. The van der Waals surface area contributed by atoms with E-state index >= 15 is 0 Å². The fourth-order valence-corrected chi connectivity index (χ4v) is 4.68. The summed E-state index contributed by atoms with van der Waals surface area (Å²) in [6.07, 6.45) is 0. The van der Waals surface area contributed by atoms with Crippen LogP contribution >= 0.6 is 23.2 Å². The molecule has 0 aliphatic rings. The molecule has 5 rings (SSSR count). The van der Waals surface area contributed by atoms with Gasteiger partial charge in [-0.15, -0.1) is 0 Å². The summed E-state index contributed by atoms with van der Waals surface area (Å²) >= 11 is 13.1. The number of aliphatic hydroxyl groups is 1. The number of hydrogen-bond donors (Lipinski definition) is 1. The molecule has 1 N–H and O–H groups in total. The minimum absolute atomic E-state index is 0.00139. The van der Waals surface area contributed by atoms with Crippen molar-refractivity contribution in [3.63, 3.8) is 0 Å². The molecule has 4 aromatic carbocycles. The Morgan fingerprint density at radius 2 is 1.44 bits per heavy atom. The van der Waals surface area contributed by atoms with E-state index in [4.69, 9.17) is 27.6 Å². The van der Waals surface area contributed by atoms with E-state index in [1.807, 2.05) is 72.8 Å². The van der Waals surface area contributed by atoms with Crippen molar-refractivity contribution in [2.24, 2.45) is 0 Å². The normalized spacial score (nSPS) is 11.2. The van der Waals surface area contributed by atoms with Crippen LogP contribution in [0.2, 0.25) is 10.0 Å². The highest BCUT2D eigenvalue weighted by molar-refractivity contribution is 6.34. The second-order valence-electron chi connectivity index (χ2n) is 8.08. The molecule has 5 aromatic rings. The van der Waals surface area contributed by atoms with E-state index in [1.54, 1.807) is 19.1 Å². The number of fused-ring (bicyclic) bond motifs is 1. The van der Waals surface area contributed by atoms with Crippen LogP contribution in [0, 0.1) is 0 Å². The Hall–Kier alpha value is -3.37. The second-order valence-corrected chi connectivity index (χ2v) is 8.89. The quantitative estimate of drug-likeness (QED) is 0.253. The Morgan fingerprint density at radius 3 is 2.03 bits per heavy atom. The summed E-state index contributed by atoms with van der Waals surface area (Å²) in [4.78, 5) is 11.8. The van der Waals surface area contributed by atoms with Crippen molar-refractivity contribution < 1.29 is 14.3 Å². The number of furan rings is 1. The molecular formula is C29H20Cl2O3. The number of benzene rings is 4. The summed E-state index contributed by atoms with van der Waals surface area (Å²) < 4.78 is 6.55. The molecule has 168 valence electrons. The molecule has 0 amide bonds. The predicted octanol–water partition coefficient (Wildman–Crippen LogP) is 8.44. The van der Waals surface area contributed by atoms with Gasteiger partial charge in [0.1, 0.15) is 11.3 Å². The van der Waals surface area contributed by atoms with Crippen molar-refractivity contribution >= 4 is 40.0 Å². The highest BCUT2D eigenvalue weighted by atomic mass is 35.5. The Labute approximate surface area is 207 Å². The molecule has 0 unspecified atom stereocenters. The van der Waals surface area contributed by atoms with Crippen molar-refractivity contribution in [1.29, 1.82) is 0 Å². The lowest BCUT2D eigenvalue weighted by molar-refractivity contribution is 0.101. The molecule has 1 aromatic heterocycles. The number of halogens is 2. The van der Waals surface area contributed by atoms with Gasteiger partial charge in [-0.2, -0.15) is 0 Å². The van der Waals surface area contributed by atoms with Gasteiger partial charge in [0.15, 0.2) is 5.78 Å². The van der Waals surface area contributed by atoms with Gasteiger partial charge in [0.05, 0.1) is 11.6 Å². The molecule has 0 saturated carbocycles. The maximum atomic E-state index is 11.8. The van der Waals surface area contributed by atoms with Crippen LogP contribution in [0.25, 0.3) is 44.5 Å². The van der Waals surface area contributed by atoms with Gasteiger partial charge >= 0.3 is 0 Å². The standard InChI is InChI=1S/C29H20Cl2O3/c1-17(33)19-10-12-20(13-11-19)27-24-15-18(16-32)14-23(21-6-2-4-8-25(21)30)28(24)34-29(27)22-7-3-5-9-26(22)31/h2-15,32H,16H2,1H3. The Bertz CT molecular complexity index is 1530. The molecule has 1 heterocycles. The third-order valence-corrected chi connectivity index (χ3v) is 6.55. The van der Waals surface area contributed by atoms with Crippen LogP contribution in [0.4, 0.5) is 0 Å². The van der Waals surface area contributed by atoms with E-state index in [2.05, 4.69) is 0 Å². The molecule has 0 radical (unpaired) electrons. The van der Waals surface area contributed by atoms with Crippen LogP contribution in [0.5, 0.6) is 0 Å². The summed E-state index contributed by atoms with van der Waals surface area (Å²) in [6.45, 7) is 1.41. The van der Waals surface area contributed by atoms with Crippen molar-refractivity contribution in [2.75, 3.05) is 0 Å². The lowest BCUT2D eigenvalue weighted by Gasteiger charge is -2.08. The summed E-state index contributed by atoms with van der Waals surface area (Å²) in [7, 11) is 0. The van der Waals surface area contributed by atoms with E-state index in [0.29, 0.717) is 27.0 Å². The first-order chi connectivity index (χ1) is 16.5. The highest BCUT2D eigenvalue weighted by Gasteiger charge is 2.23. The smallest absolute Gasteiger partial charge is 0.159 e. The fourth-order valence-electron chi connectivity index (χ4n) is 4.22. The molecule has 0 bridgehead atoms. The van der Waals surface area contributed by atoms with E-state index in [9.17, 15) is 9.90 Å². The van der Waals surface area contributed by atoms with Crippen molar-refractivity contribution in [1.82, 2.24) is 0 Å². The topological polar surface area (TPSA) is 50.4 Å². The first-order valence-electron chi connectivity index (χ1n) is 10.8. The van der Waals surface area contributed by atoms with Crippen LogP contribution in [-0.2, 0) is 6.61 Å². The van der Waals surface area contributed by atoms with Crippen LogP contribution in [0.3, 0.4) is 0 Å². The average Bonchev–Trinajstić information content (AvgIpc) is 3.23. The first kappa shape index (κ1) is 22.4. The zero-order valence-electron chi connectivity index (χ0n) is 18.3. The molecule has 0 aliphatic heterocycles. The number of Topliss-reactive ketones (excluding diaryl/α,β-unsaturated/α-hetero) is 1. The van der Waals surface area contributed by atoms with E-state index in [-0.39, 0.29) is 12.4 Å². The summed E-state index contributed by atoms with van der Waals surface area (Å²) in [5, 5.41) is 12.0. The maximum Gasteiger partial charge on any atom is 0.159 e. The number of ketones is 1. The fraction of sp³-hybridized carbons (Fsp3) is 0.0690. The Balaban J connectivity index is 1.89. The lowest BCUT2D eigenvalue weighted by atomic mass is 9.94. The van der Waals surface area contributed by atoms with E-state index < -0.39 is 0 Å². The summed E-state index contributed by atoms with van der Waals surface area (Å²) in [5.41, 5.74) is 6.06. The summed E-state index contributed by atoms with van der Waals surface area (Å²) in [6, 6.07) is 26.3. The monoisotopic (exact) mass is 486 g/mol. The average molecular weight is 487 g/mol. The molecule has 0 atom stereocenters. The summed E-state index contributed by atoms with van der Waals surface area (Å²) in [5.74, 6) is 0.609. The molecule has 5 heteroatoms. The Morgan fingerprint density at radius 1 is 0.824 bits per heavy atom. The third-order valence-electron chi connectivity index (χ3n) is 5.89. The van der Waals surface area contributed by atoms with Crippen molar-refractivity contribution in [3.8, 4) is 33.6 Å². The van der Waals surface area contributed by atoms with E-state index in [1.165, 1.54) is 0 Å². The molecule has 34 heavy (non-hydrogen) atoms. The molecule has 0 spiro atoms. The van der Waals surface area contributed by atoms with Crippen molar-refractivity contribution in [2.45, 2.75) is 13.5 Å². The molecular weight excluding hydrogens is 467 g/mol.